The van der Waals surface area contributed by atoms with Gasteiger partial charge < -0.3 is 9.64 Å². The predicted molar refractivity (Wildman–Crippen MR) is 103 cm³/mol. The van der Waals surface area contributed by atoms with Crippen molar-refractivity contribution in [1.82, 2.24) is 4.90 Å². The number of ketones is 1. The topological polar surface area (TPSA) is 46.6 Å². The zero-order valence-corrected chi connectivity index (χ0v) is 16.3. The molecule has 140 valence electrons. The summed E-state index contributed by atoms with van der Waals surface area (Å²) >= 11 is 1.60. The number of Topliss-reactive ketones (excluding diaryl/α,β-unsaturated/α-hetero) is 1. The van der Waals surface area contributed by atoms with Gasteiger partial charge in [-0.25, -0.2) is 4.79 Å². The molecule has 4 rings (SSSR count). The average molecular weight is 374 g/mol. The lowest BCUT2D eigenvalue weighted by Gasteiger charge is -2.35. The van der Waals surface area contributed by atoms with E-state index in [4.69, 9.17) is 4.74 Å². The van der Waals surface area contributed by atoms with Crippen molar-refractivity contribution in [3.8, 4) is 0 Å². The second-order valence-corrected chi connectivity index (χ2v) is 8.56. The van der Waals surface area contributed by atoms with Crippen molar-refractivity contribution in [3.63, 3.8) is 0 Å². The molecule has 4 nitrogen and oxygen atoms in total. The number of ether oxygens (including phenoxy) is 1. The molecule has 1 saturated heterocycles. The summed E-state index contributed by atoms with van der Waals surface area (Å²) in [7, 11) is 0. The van der Waals surface area contributed by atoms with Crippen molar-refractivity contribution in [1.29, 1.82) is 0 Å². The molecule has 0 aromatic carbocycles. The van der Waals surface area contributed by atoms with E-state index in [0.29, 0.717) is 30.6 Å². The Labute approximate surface area is 159 Å². The fourth-order valence-corrected chi connectivity index (χ4v) is 5.86. The predicted octanol–water partition coefficient (Wildman–Crippen LogP) is 5.15. The zero-order chi connectivity index (χ0) is 18.1. The summed E-state index contributed by atoms with van der Waals surface area (Å²) in [6.45, 7) is 3.72. The van der Waals surface area contributed by atoms with Crippen LogP contribution in [0.25, 0.3) is 5.57 Å². The molecule has 3 aliphatic rings. The molecule has 0 radical (unpaired) electrons. The van der Waals surface area contributed by atoms with Crippen LogP contribution in [0.2, 0.25) is 0 Å². The highest BCUT2D eigenvalue weighted by Crippen LogP contribution is 2.48. The Balaban J connectivity index is 1.66. The van der Waals surface area contributed by atoms with Crippen LogP contribution >= 0.6 is 11.3 Å². The second-order valence-electron chi connectivity index (χ2n) is 7.64. The molecular formula is C21H27NO3S. The summed E-state index contributed by atoms with van der Waals surface area (Å²) in [5.74, 6) is 1.36. The summed E-state index contributed by atoms with van der Waals surface area (Å²) < 4.78 is 5.15. The van der Waals surface area contributed by atoms with Crippen LogP contribution in [0, 0.1) is 11.8 Å². The molecule has 2 unspecified atom stereocenters. The van der Waals surface area contributed by atoms with Crippen LogP contribution in [0.4, 0.5) is 4.79 Å². The first-order valence-corrected chi connectivity index (χ1v) is 10.8. The van der Waals surface area contributed by atoms with Crippen LogP contribution in [0.5, 0.6) is 0 Å². The van der Waals surface area contributed by atoms with Crippen LogP contribution in [-0.2, 0) is 4.74 Å². The number of piperidine rings is 1. The van der Waals surface area contributed by atoms with E-state index >= 15 is 0 Å². The van der Waals surface area contributed by atoms with Gasteiger partial charge >= 0.3 is 6.09 Å². The minimum absolute atomic E-state index is 0.195. The lowest BCUT2D eigenvalue weighted by Crippen LogP contribution is -2.37. The number of allylic oxidation sites excluding steroid dienone is 1. The van der Waals surface area contributed by atoms with Gasteiger partial charge in [0.05, 0.1) is 11.5 Å². The Hall–Kier alpha value is -1.62. The minimum Gasteiger partial charge on any atom is -0.450 e. The summed E-state index contributed by atoms with van der Waals surface area (Å²) in [4.78, 5) is 27.6. The van der Waals surface area contributed by atoms with Gasteiger partial charge in [-0.05, 0) is 67.0 Å². The Morgan fingerprint density at radius 2 is 2.04 bits per heavy atom. The molecular weight excluding hydrogens is 346 g/mol. The Kier molecular flexibility index (Phi) is 5.16. The molecule has 2 heterocycles. The Morgan fingerprint density at radius 3 is 2.81 bits per heavy atom. The highest BCUT2D eigenvalue weighted by Gasteiger charge is 2.37. The highest BCUT2D eigenvalue weighted by atomic mass is 32.1. The molecule has 0 bridgehead atoms. The molecule has 1 saturated carbocycles. The molecule has 0 N–H and O–H groups in total. The number of rotatable bonds is 1. The van der Waals surface area contributed by atoms with Crippen molar-refractivity contribution in [2.24, 2.45) is 11.8 Å². The van der Waals surface area contributed by atoms with Crippen LogP contribution in [0.1, 0.15) is 67.1 Å². The quantitative estimate of drug-likeness (QED) is 0.684. The SMILES string of the molecule is CCOC(=O)N1CCC(=C2c3ccsc3C(=O)CC3CCCCC23)CC1. The van der Waals surface area contributed by atoms with Crippen molar-refractivity contribution in [2.75, 3.05) is 19.7 Å². The van der Waals surface area contributed by atoms with Gasteiger partial charge in [0.1, 0.15) is 0 Å². The van der Waals surface area contributed by atoms with E-state index in [9.17, 15) is 9.59 Å². The smallest absolute Gasteiger partial charge is 0.409 e. The molecule has 26 heavy (non-hydrogen) atoms. The van der Waals surface area contributed by atoms with Gasteiger partial charge in [0.25, 0.3) is 0 Å². The average Bonchev–Trinajstić information content (AvgIpc) is 3.09. The van der Waals surface area contributed by atoms with Crippen molar-refractivity contribution < 1.29 is 14.3 Å². The molecule has 0 spiro atoms. The molecule has 1 amide bonds. The van der Waals surface area contributed by atoms with E-state index in [1.54, 1.807) is 11.3 Å². The number of hydrogen-bond donors (Lipinski definition) is 0. The van der Waals surface area contributed by atoms with Gasteiger partial charge in [-0.1, -0.05) is 18.4 Å². The van der Waals surface area contributed by atoms with Crippen LogP contribution < -0.4 is 0 Å². The monoisotopic (exact) mass is 373 g/mol. The number of carbonyl (C=O) groups is 2. The van der Waals surface area contributed by atoms with Gasteiger partial charge in [-0.15, -0.1) is 11.3 Å². The Bertz CT molecular complexity index is 725. The maximum absolute atomic E-state index is 12.8. The van der Waals surface area contributed by atoms with E-state index in [0.717, 1.165) is 30.8 Å². The fourth-order valence-electron chi connectivity index (χ4n) is 5.00. The molecule has 5 heteroatoms. The molecule has 2 aliphatic carbocycles. The lowest BCUT2D eigenvalue weighted by atomic mass is 9.71. The number of amides is 1. The fraction of sp³-hybridized carbons (Fsp3) is 0.619. The molecule has 2 fully saturated rings. The van der Waals surface area contributed by atoms with Gasteiger partial charge in [0, 0.05) is 19.5 Å². The summed E-state index contributed by atoms with van der Waals surface area (Å²) in [6.07, 6.45) is 7.22. The van der Waals surface area contributed by atoms with E-state index in [1.807, 2.05) is 11.8 Å². The van der Waals surface area contributed by atoms with Gasteiger partial charge in [-0.2, -0.15) is 0 Å². The maximum Gasteiger partial charge on any atom is 0.409 e. The number of carbonyl (C=O) groups excluding carboxylic acids is 2. The van der Waals surface area contributed by atoms with Gasteiger partial charge in [-0.3, -0.25) is 4.79 Å². The number of thiophene rings is 1. The molecule has 1 aliphatic heterocycles. The van der Waals surface area contributed by atoms with Crippen LogP contribution in [0.3, 0.4) is 0 Å². The third-order valence-electron chi connectivity index (χ3n) is 6.21. The standard InChI is InChI=1S/C21H27NO3S/c1-2-25-21(24)22-10-7-14(8-11-22)19-16-6-4-3-5-15(16)13-18(23)20-17(19)9-12-26-20/h9,12,15-16H,2-8,10-11,13H2,1H3. The third kappa shape index (κ3) is 3.22. The largest absolute Gasteiger partial charge is 0.450 e. The second kappa shape index (κ2) is 7.55. The molecule has 2 atom stereocenters. The molecule has 1 aromatic heterocycles. The lowest BCUT2D eigenvalue weighted by molar-refractivity contribution is 0.0944. The Morgan fingerprint density at radius 1 is 1.27 bits per heavy atom. The van der Waals surface area contributed by atoms with E-state index in [2.05, 4.69) is 11.4 Å². The third-order valence-corrected chi connectivity index (χ3v) is 7.17. The minimum atomic E-state index is -0.195. The number of likely N-dealkylation sites (tertiary alicyclic amines) is 1. The van der Waals surface area contributed by atoms with E-state index < -0.39 is 0 Å². The van der Waals surface area contributed by atoms with Crippen molar-refractivity contribution in [2.45, 2.75) is 51.9 Å². The highest BCUT2D eigenvalue weighted by molar-refractivity contribution is 7.12. The normalized spacial score (nSPS) is 26.2. The molecule has 1 aromatic rings. The van der Waals surface area contributed by atoms with Gasteiger partial charge in [0.2, 0.25) is 0 Å². The van der Waals surface area contributed by atoms with Crippen LogP contribution in [0.15, 0.2) is 17.0 Å². The van der Waals surface area contributed by atoms with E-state index in [-0.39, 0.29) is 6.09 Å². The zero-order valence-electron chi connectivity index (χ0n) is 15.5. The van der Waals surface area contributed by atoms with Crippen LogP contribution in [-0.4, -0.2) is 36.5 Å². The summed E-state index contributed by atoms with van der Waals surface area (Å²) in [5, 5.41) is 2.07. The number of nitrogens with zero attached hydrogens (tertiary/aromatic N) is 1. The van der Waals surface area contributed by atoms with Gasteiger partial charge in [0.15, 0.2) is 5.78 Å². The summed E-state index contributed by atoms with van der Waals surface area (Å²) in [6, 6.07) is 2.16. The van der Waals surface area contributed by atoms with E-state index in [1.165, 1.54) is 42.4 Å². The number of hydrogen-bond acceptors (Lipinski definition) is 4. The first-order valence-electron chi connectivity index (χ1n) is 9.93. The van der Waals surface area contributed by atoms with Crippen molar-refractivity contribution >= 4 is 28.8 Å². The van der Waals surface area contributed by atoms with Crippen molar-refractivity contribution in [3.05, 3.63) is 27.5 Å². The summed E-state index contributed by atoms with van der Waals surface area (Å²) in [5.41, 5.74) is 4.13. The first kappa shape index (κ1) is 17.8. The maximum atomic E-state index is 12.8. The number of fused-ring (bicyclic) bond motifs is 2. The first-order chi connectivity index (χ1) is 12.7.